The summed E-state index contributed by atoms with van der Waals surface area (Å²) in [7, 11) is 0. The molecule has 2 aromatic rings. The summed E-state index contributed by atoms with van der Waals surface area (Å²) in [5, 5.41) is 1.81. The lowest BCUT2D eigenvalue weighted by molar-refractivity contribution is -0.137. The van der Waals surface area contributed by atoms with Crippen LogP contribution in [0.2, 0.25) is 0 Å². The van der Waals surface area contributed by atoms with Crippen LogP contribution in [0.3, 0.4) is 0 Å². The fraction of sp³-hybridized carbons (Fsp3) is 0.294. The predicted molar refractivity (Wildman–Crippen MR) is 80.5 cm³/mol. The van der Waals surface area contributed by atoms with Gasteiger partial charge in [0.2, 0.25) is 0 Å². The molecule has 1 saturated heterocycles. The number of halogens is 3. The van der Waals surface area contributed by atoms with E-state index in [0.717, 1.165) is 18.4 Å². The SMILES string of the molecule is FC(F)(F)c1cccc(CN2CCN(Oc3ccccc3)C2)c1. The van der Waals surface area contributed by atoms with Crippen LogP contribution >= 0.6 is 0 Å². The predicted octanol–water partition coefficient (Wildman–Crippen LogP) is 3.77. The van der Waals surface area contributed by atoms with Crippen LogP contribution in [-0.2, 0) is 12.7 Å². The molecule has 0 unspecified atom stereocenters. The van der Waals surface area contributed by atoms with Crippen molar-refractivity contribution in [2.75, 3.05) is 19.8 Å². The highest BCUT2D eigenvalue weighted by Crippen LogP contribution is 2.29. The molecule has 2 aromatic carbocycles. The van der Waals surface area contributed by atoms with E-state index >= 15 is 0 Å². The first kappa shape index (κ1) is 15.8. The molecule has 1 aliphatic heterocycles. The summed E-state index contributed by atoms with van der Waals surface area (Å²) in [5.74, 6) is 0.758. The van der Waals surface area contributed by atoms with E-state index in [4.69, 9.17) is 4.84 Å². The zero-order valence-electron chi connectivity index (χ0n) is 12.5. The molecule has 1 fully saturated rings. The van der Waals surface area contributed by atoms with Gasteiger partial charge in [0.05, 0.1) is 12.2 Å². The molecule has 0 saturated carbocycles. The quantitative estimate of drug-likeness (QED) is 0.852. The van der Waals surface area contributed by atoms with Crippen LogP contribution in [0.1, 0.15) is 11.1 Å². The number of hydroxylamine groups is 2. The molecule has 0 atom stereocenters. The molecule has 3 rings (SSSR count). The fourth-order valence-electron chi connectivity index (χ4n) is 2.56. The summed E-state index contributed by atoms with van der Waals surface area (Å²) < 4.78 is 38.2. The first-order chi connectivity index (χ1) is 11.0. The van der Waals surface area contributed by atoms with Crippen molar-refractivity contribution in [2.24, 2.45) is 0 Å². The number of benzene rings is 2. The average molecular weight is 322 g/mol. The Bertz CT molecular complexity index is 646. The maximum Gasteiger partial charge on any atom is 0.416 e. The molecule has 0 bridgehead atoms. The van der Waals surface area contributed by atoms with Gasteiger partial charge in [-0.05, 0) is 23.8 Å². The Morgan fingerprint density at radius 1 is 0.957 bits per heavy atom. The van der Waals surface area contributed by atoms with Crippen LogP contribution in [0.15, 0.2) is 54.6 Å². The van der Waals surface area contributed by atoms with Crippen LogP contribution in [0.25, 0.3) is 0 Å². The normalized spacial score (nSPS) is 16.7. The highest BCUT2D eigenvalue weighted by Gasteiger charge is 2.30. The number of alkyl halides is 3. The third-order valence-corrected chi connectivity index (χ3v) is 3.66. The molecule has 122 valence electrons. The Kier molecular flexibility index (Phi) is 4.54. The van der Waals surface area contributed by atoms with Crippen molar-refractivity contribution in [2.45, 2.75) is 12.7 Å². The number of rotatable bonds is 4. The van der Waals surface area contributed by atoms with E-state index in [1.165, 1.54) is 12.1 Å². The Balaban J connectivity index is 1.58. The lowest BCUT2D eigenvalue weighted by Gasteiger charge is -2.19. The van der Waals surface area contributed by atoms with Crippen molar-refractivity contribution in [3.63, 3.8) is 0 Å². The second-order valence-corrected chi connectivity index (χ2v) is 5.50. The summed E-state index contributed by atoms with van der Waals surface area (Å²) in [6, 6.07) is 14.9. The number of nitrogens with zero attached hydrogens (tertiary/aromatic N) is 2. The van der Waals surface area contributed by atoms with Gasteiger partial charge in [0.15, 0.2) is 0 Å². The topological polar surface area (TPSA) is 15.7 Å². The van der Waals surface area contributed by atoms with E-state index in [9.17, 15) is 13.2 Å². The zero-order valence-corrected chi connectivity index (χ0v) is 12.5. The minimum absolute atomic E-state index is 0.471. The molecule has 23 heavy (non-hydrogen) atoms. The minimum atomic E-state index is -4.30. The lowest BCUT2D eigenvalue weighted by Crippen LogP contribution is -2.28. The smallest absolute Gasteiger partial charge is 0.405 e. The van der Waals surface area contributed by atoms with Crippen LogP contribution in [-0.4, -0.2) is 29.7 Å². The van der Waals surface area contributed by atoms with Crippen molar-refractivity contribution in [1.82, 2.24) is 9.96 Å². The zero-order chi connectivity index (χ0) is 16.3. The van der Waals surface area contributed by atoms with E-state index in [-0.39, 0.29) is 0 Å². The molecule has 0 spiro atoms. The van der Waals surface area contributed by atoms with Crippen molar-refractivity contribution in [3.8, 4) is 5.75 Å². The third kappa shape index (κ3) is 4.24. The monoisotopic (exact) mass is 322 g/mol. The maximum absolute atomic E-state index is 12.7. The summed E-state index contributed by atoms with van der Waals surface area (Å²) >= 11 is 0. The van der Waals surface area contributed by atoms with Gasteiger partial charge in [0, 0.05) is 19.6 Å². The highest BCUT2D eigenvalue weighted by atomic mass is 19.4. The van der Waals surface area contributed by atoms with Gasteiger partial charge < -0.3 is 4.84 Å². The van der Waals surface area contributed by atoms with E-state index in [0.29, 0.717) is 25.3 Å². The van der Waals surface area contributed by atoms with Gasteiger partial charge >= 0.3 is 6.18 Å². The van der Waals surface area contributed by atoms with Crippen LogP contribution in [0.4, 0.5) is 13.2 Å². The molecule has 0 aliphatic carbocycles. The maximum atomic E-state index is 12.7. The lowest BCUT2D eigenvalue weighted by atomic mass is 10.1. The number of hydrogen-bond acceptors (Lipinski definition) is 3. The second kappa shape index (κ2) is 6.60. The number of para-hydroxylation sites is 1. The summed E-state index contributed by atoms with van der Waals surface area (Å²) in [4.78, 5) is 7.79. The molecular weight excluding hydrogens is 305 g/mol. The average Bonchev–Trinajstić information content (AvgIpc) is 2.95. The van der Waals surface area contributed by atoms with Gasteiger partial charge in [-0.15, -0.1) is 5.06 Å². The molecule has 0 aromatic heterocycles. The van der Waals surface area contributed by atoms with E-state index in [2.05, 4.69) is 4.90 Å². The molecule has 0 N–H and O–H groups in total. The summed E-state index contributed by atoms with van der Waals surface area (Å²) in [5.41, 5.74) is 0.0491. The molecule has 0 amide bonds. The van der Waals surface area contributed by atoms with Gasteiger partial charge in [-0.2, -0.15) is 13.2 Å². The van der Waals surface area contributed by atoms with E-state index in [1.54, 1.807) is 6.07 Å². The van der Waals surface area contributed by atoms with Gasteiger partial charge in [0.25, 0.3) is 0 Å². The van der Waals surface area contributed by atoms with Crippen molar-refractivity contribution in [1.29, 1.82) is 0 Å². The van der Waals surface area contributed by atoms with Crippen molar-refractivity contribution < 1.29 is 18.0 Å². The molecular formula is C17H17F3N2O. The standard InChI is InChI=1S/C17H17F3N2O/c18-17(19,20)15-6-4-5-14(11-15)12-21-9-10-22(13-21)23-16-7-2-1-3-8-16/h1-8,11H,9-10,12-13H2. The summed E-state index contributed by atoms with van der Waals surface area (Å²) in [6.45, 7) is 2.50. The van der Waals surface area contributed by atoms with E-state index in [1.807, 2.05) is 35.4 Å². The van der Waals surface area contributed by atoms with Gasteiger partial charge in [0.1, 0.15) is 5.75 Å². The van der Waals surface area contributed by atoms with Gasteiger partial charge in [-0.1, -0.05) is 36.4 Å². The first-order valence-electron chi connectivity index (χ1n) is 7.37. The van der Waals surface area contributed by atoms with Crippen molar-refractivity contribution in [3.05, 3.63) is 65.7 Å². The summed E-state index contributed by atoms with van der Waals surface area (Å²) in [6.07, 6.45) is -4.30. The molecule has 1 heterocycles. The highest BCUT2D eigenvalue weighted by molar-refractivity contribution is 5.25. The third-order valence-electron chi connectivity index (χ3n) is 3.66. The van der Waals surface area contributed by atoms with E-state index < -0.39 is 11.7 Å². The fourth-order valence-corrected chi connectivity index (χ4v) is 2.56. The Morgan fingerprint density at radius 3 is 2.48 bits per heavy atom. The van der Waals surface area contributed by atoms with Crippen molar-refractivity contribution >= 4 is 0 Å². The van der Waals surface area contributed by atoms with Crippen LogP contribution in [0, 0.1) is 0 Å². The van der Waals surface area contributed by atoms with Gasteiger partial charge in [-0.3, -0.25) is 4.90 Å². The van der Waals surface area contributed by atoms with Crippen LogP contribution in [0.5, 0.6) is 5.75 Å². The molecule has 0 radical (unpaired) electrons. The molecule has 3 nitrogen and oxygen atoms in total. The first-order valence-corrected chi connectivity index (χ1v) is 7.37. The van der Waals surface area contributed by atoms with Crippen LogP contribution < -0.4 is 4.84 Å². The minimum Gasteiger partial charge on any atom is -0.405 e. The molecule has 6 heteroatoms. The Morgan fingerprint density at radius 2 is 1.74 bits per heavy atom. The second-order valence-electron chi connectivity index (χ2n) is 5.50. The molecule has 1 aliphatic rings. The Hall–Kier alpha value is -2.05. The Labute approximate surface area is 132 Å². The van der Waals surface area contributed by atoms with Gasteiger partial charge in [-0.25, -0.2) is 0 Å². The number of hydrogen-bond donors (Lipinski definition) is 0. The largest absolute Gasteiger partial charge is 0.416 e.